The summed E-state index contributed by atoms with van der Waals surface area (Å²) in [6, 6.07) is 14.5. The molecule has 0 aromatic carbocycles. The zero-order valence-electron chi connectivity index (χ0n) is 63.8. The van der Waals surface area contributed by atoms with Crippen LogP contribution in [-0.4, -0.2) is 247 Å². The Balaban J connectivity index is 0.000000244. The second kappa shape index (κ2) is 51.7. The molecule has 43 nitrogen and oxygen atoms in total. The monoisotopic (exact) mass is 1830 g/mol. The molecule has 0 spiro atoms. The molecule has 0 amide bonds. The van der Waals surface area contributed by atoms with Gasteiger partial charge in [-0.2, -0.15) is 10.3 Å². The Morgan fingerprint density at radius 3 is 1.56 bits per heavy atom. The number of thioether (sulfide) groups is 1. The van der Waals surface area contributed by atoms with E-state index in [4.69, 9.17) is 91.2 Å². The largest absolute Gasteiger partial charge is 0.370 e. The van der Waals surface area contributed by atoms with Crippen LogP contribution in [-0.2, 0) is 50.6 Å². The summed E-state index contributed by atoms with van der Waals surface area (Å²) in [5.41, 5.74) is 4.05. The van der Waals surface area contributed by atoms with Crippen molar-refractivity contribution in [3.63, 3.8) is 0 Å². The number of nitro groups is 5. The second-order valence-corrected chi connectivity index (χ2v) is 31.3. The summed E-state index contributed by atoms with van der Waals surface area (Å²) >= 11 is 45.7. The molecule has 0 atom stereocenters. The average Bonchev–Trinajstić information content (AvgIpc) is 1.59. The fraction of sp³-hybridized carbons (Fsp3) is 0.397. The molecule has 4 fully saturated rings. The number of hydrogen-bond donors (Lipinski definition) is 4. The number of nitrogens with zero attached hydrogens (tertiary/aromatic N) is 28. The van der Waals surface area contributed by atoms with E-state index in [1.165, 1.54) is 46.6 Å². The zero-order chi connectivity index (χ0) is 86.1. The smallest absolute Gasteiger partial charge is 0.277 e. The van der Waals surface area contributed by atoms with Crippen molar-refractivity contribution in [3.8, 4) is 6.19 Å². The van der Waals surface area contributed by atoms with Gasteiger partial charge in [0.2, 0.25) is 6.19 Å². The van der Waals surface area contributed by atoms with Gasteiger partial charge in [-0.3, -0.25) is 20.0 Å². The molecule has 4 aliphatic rings. The van der Waals surface area contributed by atoms with Crippen molar-refractivity contribution in [2.45, 2.75) is 59.7 Å². The lowest BCUT2D eigenvalue weighted by Crippen LogP contribution is -2.55. The van der Waals surface area contributed by atoms with Gasteiger partial charge in [-0.15, -0.1) is 34.0 Å². The topological polar surface area (TPSA) is 490 Å². The first-order chi connectivity index (χ1) is 55.8. The molecule has 54 heteroatoms. The van der Waals surface area contributed by atoms with Crippen LogP contribution >= 0.6 is 127 Å². The Kier molecular flexibility index (Phi) is 42.9. The van der Waals surface area contributed by atoms with E-state index in [1.807, 2.05) is 84.2 Å². The van der Waals surface area contributed by atoms with Gasteiger partial charge in [-0.05, 0) is 67.4 Å². The van der Waals surface area contributed by atoms with Crippen LogP contribution < -0.4 is 21.3 Å². The van der Waals surface area contributed by atoms with Crippen molar-refractivity contribution in [1.82, 2.24) is 100 Å². The standard InChI is InChI=1S/C11H15ClN4O2.C10H11ClN4.C10H12ClN3S.C9H13ClN6O2S.C9H10ClN5O2.C8H10ClN5O3S.C6H8ClN5O2S/c1-3-15(11(13-2)8-16(17)18)7-9-4-5-10(12)14-6-9;1-8(14-7-12)15(2)6-9-3-4-10(11)13-5-9;1-12-10-14(4-5-15-10)7-8-2-3-9(11)13-6-8;1-13-5-14(2)9(12-16(17)18)15(6-13)4-7-3-11-8(10)19-7;10-8-2-1-7(5-12-8)6-14-4-3-11-9(14)13-15(16)17;1-12-4-17-5-13(8(12)11-14(15)16)3-6-2-10-7(9)18-6;1-8-6(11-12(13)14)10-3-4-2-9-5(7)15-4/h4-6,8,13H,3,7H2,1-2H3;3-5H,6H2,1-2H3;2-3,6H,4-5,7H2,1H3;3H,4-6H2,1-2H3;1-2,5H,3-4,6H2,(H,11,13);2H,3-5H2,1H3;2H,3H2,1H3,(H2,8,10,11)/b11-8+;;;12-9+;;11-8+;. The predicted octanol–water partition coefficient (Wildman–Crippen LogP) is 9.49. The van der Waals surface area contributed by atoms with Crippen molar-refractivity contribution in [3.05, 3.63) is 225 Å². The number of thiazole rings is 3. The average molecular weight is 1840 g/mol. The number of hydrazone groups is 4. The molecule has 0 aliphatic carbocycles. The Labute approximate surface area is 721 Å². The molecule has 117 heavy (non-hydrogen) atoms. The number of pyridine rings is 4. The highest BCUT2D eigenvalue weighted by Gasteiger charge is 2.29. The first kappa shape index (κ1) is 97.2. The van der Waals surface area contributed by atoms with Crippen molar-refractivity contribution in [2.24, 2.45) is 30.4 Å². The number of ether oxygens (including phenoxy) is 1. The maximum Gasteiger partial charge on any atom is 0.277 e. The van der Waals surface area contributed by atoms with Crippen molar-refractivity contribution in [2.75, 3.05) is 108 Å². The third kappa shape index (κ3) is 37.2. The van der Waals surface area contributed by atoms with Crippen LogP contribution in [0.25, 0.3) is 0 Å². The molecular formula is C63H79Cl7N32O11S4. The fourth-order valence-corrected chi connectivity index (χ4v) is 14.2. The van der Waals surface area contributed by atoms with Crippen molar-refractivity contribution < 1.29 is 29.8 Å². The van der Waals surface area contributed by atoms with E-state index >= 15 is 0 Å². The highest BCUT2D eigenvalue weighted by Crippen LogP contribution is 2.25. The van der Waals surface area contributed by atoms with Gasteiger partial charge < -0.3 is 65.2 Å². The molecule has 4 saturated heterocycles. The molecule has 7 aromatic heterocycles. The number of hydrogen-bond acceptors (Lipinski definition) is 28. The molecular weight excluding hydrogens is 1760 g/mol. The molecule has 0 radical (unpaired) electrons. The quantitative estimate of drug-likeness (QED) is 0.0122. The van der Waals surface area contributed by atoms with Gasteiger partial charge in [0.15, 0.2) is 44.5 Å². The summed E-state index contributed by atoms with van der Waals surface area (Å²) in [7, 11) is 12.3. The highest BCUT2D eigenvalue weighted by molar-refractivity contribution is 8.14. The number of amidine groups is 2. The number of guanidine groups is 4. The predicted molar refractivity (Wildman–Crippen MR) is 452 cm³/mol. The molecule has 4 N–H and O–H groups in total. The van der Waals surface area contributed by atoms with Crippen molar-refractivity contribution >= 4 is 162 Å². The summed E-state index contributed by atoms with van der Waals surface area (Å²) in [6.45, 7) is 12.3. The molecule has 7 aromatic rings. The molecule has 11 heterocycles. The number of nitriles is 1. The van der Waals surface area contributed by atoms with E-state index in [-0.39, 0.29) is 31.3 Å². The van der Waals surface area contributed by atoms with Crippen LogP contribution in [0.1, 0.15) is 50.7 Å². The van der Waals surface area contributed by atoms with Crippen LogP contribution in [0, 0.1) is 62.0 Å². The summed E-state index contributed by atoms with van der Waals surface area (Å²) in [5.74, 6) is 3.22. The van der Waals surface area contributed by atoms with E-state index in [0.717, 1.165) is 61.5 Å². The SMILES string of the molecule is CC(=NC#N)N(C)Cc1ccc(Cl)nc1.CCN(Cc1ccc(Cl)nc1)/C(=C/[N+](=O)[O-])NC.CN/C(=N\[N+](=O)[O-])NCc1cnc(Cl)s1.CN1CN(C)/C(=N\[N+](=O)[O-])N(Cc2cnc(Cl)s2)C1.CN1COCN(Cc2cnc(Cl)s2)/C1=N/[N+](=O)[O-].CN=C1SCCN1Cc1ccc(Cl)nc1.O=[N+]([O-])/N=C1\NCCN1Cc1ccc(Cl)nc1. The number of aliphatic imine (C=N–C) groups is 2. The number of halogens is 7. The lowest BCUT2D eigenvalue weighted by Gasteiger charge is -2.39. The van der Waals surface area contributed by atoms with Gasteiger partial charge in [0, 0.05) is 158 Å². The van der Waals surface area contributed by atoms with Crippen LogP contribution in [0.2, 0.25) is 34.0 Å². The Morgan fingerprint density at radius 1 is 0.615 bits per heavy atom. The van der Waals surface area contributed by atoms with E-state index < -0.39 is 25.1 Å². The number of nitrogens with one attached hydrogen (secondary N) is 4. The number of aromatic nitrogens is 7. The summed E-state index contributed by atoms with van der Waals surface area (Å²) in [6.07, 6.45) is 14.4. The maximum absolute atomic E-state index is 10.6. The van der Waals surface area contributed by atoms with Crippen LogP contribution in [0.5, 0.6) is 0 Å². The normalized spacial score (nSPS) is 15.4. The molecule has 11 rings (SSSR count). The van der Waals surface area contributed by atoms with Gasteiger partial charge in [-0.25, -0.2) is 75.3 Å². The van der Waals surface area contributed by atoms with Gasteiger partial charge in [0.1, 0.15) is 60.3 Å². The lowest BCUT2D eigenvalue weighted by atomic mass is 10.2. The van der Waals surface area contributed by atoms with Crippen LogP contribution in [0.3, 0.4) is 0 Å². The third-order valence-electron chi connectivity index (χ3n) is 15.0. The minimum absolute atomic E-state index is 0.0875. The van der Waals surface area contributed by atoms with E-state index in [0.29, 0.717) is 124 Å². The second-order valence-electron chi connectivity index (χ2n) is 23.6. The van der Waals surface area contributed by atoms with Crippen LogP contribution in [0.15, 0.2) is 134 Å². The van der Waals surface area contributed by atoms with Gasteiger partial charge >= 0.3 is 0 Å². The Hall–Kier alpha value is -10.4. The first-order valence-electron chi connectivity index (χ1n) is 33.8. The minimum Gasteiger partial charge on any atom is -0.370 e. The third-order valence-corrected chi connectivity index (χ3v) is 20.3. The molecule has 0 unspecified atom stereocenters. The summed E-state index contributed by atoms with van der Waals surface area (Å²) in [4.78, 5) is 106. The molecule has 630 valence electrons. The number of rotatable bonds is 22. The van der Waals surface area contributed by atoms with E-state index in [9.17, 15) is 50.6 Å². The summed E-state index contributed by atoms with van der Waals surface area (Å²) < 4.78 is 6.61. The zero-order valence-corrected chi connectivity index (χ0v) is 72.4. The lowest BCUT2D eigenvalue weighted by molar-refractivity contribution is -0.486. The van der Waals surface area contributed by atoms with Crippen LogP contribution in [0.4, 0.5) is 0 Å². The van der Waals surface area contributed by atoms with E-state index in [1.54, 1.807) is 121 Å². The minimum atomic E-state index is -0.779. The van der Waals surface area contributed by atoms with Gasteiger partial charge in [-0.1, -0.05) is 117 Å². The van der Waals surface area contributed by atoms with E-state index in [2.05, 4.69) is 91.4 Å². The molecule has 0 saturated carbocycles. The van der Waals surface area contributed by atoms with Gasteiger partial charge in [0.25, 0.3) is 30.0 Å². The highest BCUT2D eigenvalue weighted by atomic mass is 35.5. The van der Waals surface area contributed by atoms with Crippen molar-refractivity contribution in [1.29, 1.82) is 5.26 Å². The fourth-order valence-electron chi connectivity index (χ4n) is 9.87. The maximum atomic E-state index is 10.6. The Bertz CT molecular complexity index is 4610. The first-order valence-corrected chi connectivity index (χ1v) is 39.9. The molecule has 4 aliphatic heterocycles. The summed E-state index contributed by atoms with van der Waals surface area (Å²) in [5, 5.41) is 84.7. The van der Waals surface area contributed by atoms with Gasteiger partial charge in [0.05, 0.1) is 37.9 Å². The Morgan fingerprint density at radius 2 is 1.11 bits per heavy atom. The molecule has 0 bridgehead atoms.